The van der Waals surface area contributed by atoms with Gasteiger partial charge in [-0.3, -0.25) is 5.41 Å². The van der Waals surface area contributed by atoms with Crippen molar-refractivity contribution in [3.63, 3.8) is 0 Å². The summed E-state index contributed by atoms with van der Waals surface area (Å²) in [5.41, 5.74) is 6.12. The van der Waals surface area contributed by atoms with Gasteiger partial charge in [-0.15, -0.1) is 0 Å². The van der Waals surface area contributed by atoms with Crippen LogP contribution >= 0.6 is 15.9 Å². The molecule has 0 bridgehead atoms. The summed E-state index contributed by atoms with van der Waals surface area (Å²) >= 11 is 3.36. The van der Waals surface area contributed by atoms with Crippen LogP contribution in [-0.2, 0) is 9.47 Å². The van der Waals surface area contributed by atoms with Gasteiger partial charge in [-0.25, -0.2) is 0 Å². The number of benzene rings is 1. The number of nitrogens with one attached hydrogen (secondary N) is 1. The summed E-state index contributed by atoms with van der Waals surface area (Å²) in [4.78, 5) is 0. The van der Waals surface area contributed by atoms with E-state index in [1.165, 1.54) is 0 Å². The Labute approximate surface area is 121 Å². The quantitative estimate of drug-likeness (QED) is 0.413. The molecule has 1 aromatic rings. The second-order valence-electron chi connectivity index (χ2n) is 3.83. The average molecular weight is 331 g/mol. The van der Waals surface area contributed by atoms with Crippen molar-refractivity contribution in [2.45, 2.75) is 6.42 Å². The van der Waals surface area contributed by atoms with Gasteiger partial charge in [0, 0.05) is 24.6 Å². The van der Waals surface area contributed by atoms with Crippen LogP contribution in [0.5, 0.6) is 5.75 Å². The number of ether oxygens (including phenoxy) is 3. The van der Waals surface area contributed by atoms with Crippen molar-refractivity contribution < 1.29 is 14.2 Å². The summed E-state index contributed by atoms with van der Waals surface area (Å²) in [6, 6.07) is 5.48. The molecular weight excluding hydrogens is 312 g/mol. The second kappa shape index (κ2) is 8.90. The van der Waals surface area contributed by atoms with Gasteiger partial charge >= 0.3 is 0 Å². The van der Waals surface area contributed by atoms with Crippen molar-refractivity contribution in [3.8, 4) is 5.75 Å². The Morgan fingerprint density at radius 1 is 1.26 bits per heavy atom. The normalized spacial score (nSPS) is 10.4. The number of nitrogens with two attached hydrogens (primary N) is 1. The fourth-order valence-corrected chi connectivity index (χ4v) is 2.04. The largest absolute Gasteiger partial charge is 0.493 e. The lowest BCUT2D eigenvalue weighted by Gasteiger charge is -2.12. The van der Waals surface area contributed by atoms with E-state index in [4.69, 9.17) is 25.4 Å². The molecule has 0 aromatic heterocycles. The minimum atomic E-state index is -0.0150. The molecule has 106 valence electrons. The summed E-state index contributed by atoms with van der Waals surface area (Å²) in [5.74, 6) is 0.595. The molecule has 0 saturated heterocycles. The van der Waals surface area contributed by atoms with Gasteiger partial charge in [0.25, 0.3) is 0 Å². The predicted octanol–water partition coefficient (Wildman–Crippen LogP) is 2.17. The van der Waals surface area contributed by atoms with E-state index in [9.17, 15) is 0 Å². The Bertz CT molecular complexity index is 413. The molecular formula is C13H19BrN2O3. The topological polar surface area (TPSA) is 77.6 Å². The lowest BCUT2D eigenvalue weighted by atomic mass is 10.2. The third-order valence-electron chi connectivity index (χ3n) is 2.37. The van der Waals surface area contributed by atoms with E-state index in [0.29, 0.717) is 37.7 Å². The van der Waals surface area contributed by atoms with Crippen LogP contribution in [0.1, 0.15) is 12.0 Å². The van der Waals surface area contributed by atoms with Gasteiger partial charge in [-0.05, 0) is 28.1 Å². The molecule has 1 rings (SSSR count). The van der Waals surface area contributed by atoms with Crippen LogP contribution in [0.15, 0.2) is 22.7 Å². The number of methoxy groups -OCH3 is 1. The molecule has 5 nitrogen and oxygen atoms in total. The van der Waals surface area contributed by atoms with E-state index in [1.54, 1.807) is 13.2 Å². The molecule has 0 spiro atoms. The molecule has 1 aromatic carbocycles. The Balaban J connectivity index is 2.37. The van der Waals surface area contributed by atoms with Crippen molar-refractivity contribution >= 4 is 21.8 Å². The number of nitrogen functional groups attached to an aromatic ring is 1. The Kier molecular flexibility index (Phi) is 7.47. The molecule has 0 atom stereocenters. The van der Waals surface area contributed by atoms with Gasteiger partial charge in [0.1, 0.15) is 11.6 Å². The summed E-state index contributed by atoms with van der Waals surface area (Å²) in [6.45, 7) is 2.32. The monoisotopic (exact) mass is 330 g/mol. The first-order valence-corrected chi connectivity index (χ1v) is 6.78. The second-order valence-corrected chi connectivity index (χ2v) is 4.69. The first-order valence-electron chi connectivity index (χ1n) is 5.99. The van der Waals surface area contributed by atoms with Crippen LogP contribution in [0, 0.1) is 5.41 Å². The highest BCUT2D eigenvalue weighted by atomic mass is 79.9. The lowest BCUT2D eigenvalue weighted by Crippen LogP contribution is -2.15. The zero-order valence-electron chi connectivity index (χ0n) is 10.9. The first-order chi connectivity index (χ1) is 9.16. The molecule has 0 saturated carbocycles. The minimum Gasteiger partial charge on any atom is -0.493 e. The number of halogens is 1. The zero-order valence-corrected chi connectivity index (χ0v) is 12.5. The first kappa shape index (κ1) is 15.9. The maximum Gasteiger partial charge on any atom is 0.131 e. The Morgan fingerprint density at radius 2 is 2.05 bits per heavy atom. The molecule has 19 heavy (non-hydrogen) atoms. The Hall–Kier alpha value is -1.11. The molecule has 3 N–H and O–H groups in total. The maximum atomic E-state index is 7.54. The van der Waals surface area contributed by atoms with E-state index in [-0.39, 0.29) is 5.84 Å². The van der Waals surface area contributed by atoms with Gasteiger partial charge in [0.05, 0.1) is 25.4 Å². The summed E-state index contributed by atoms with van der Waals surface area (Å²) < 4.78 is 16.6. The molecule has 0 aliphatic heterocycles. The van der Waals surface area contributed by atoms with Gasteiger partial charge in [0.15, 0.2) is 0 Å². The third kappa shape index (κ3) is 5.59. The Morgan fingerprint density at radius 3 is 2.74 bits per heavy atom. The third-order valence-corrected chi connectivity index (χ3v) is 3.03. The van der Waals surface area contributed by atoms with Crippen LogP contribution in [0.2, 0.25) is 0 Å². The van der Waals surface area contributed by atoms with Crippen molar-refractivity contribution in [2.75, 3.05) is 33.5 Å². The van der Waals surface area contributed by atoms with Crippen molar-refractivity contribution in [3.05, 3.63) is 28.2 Å². The van der Waals surface area contributed by atoms with Crippen molar-refractivity contribution in [2.24, 2.45) is 5.73 Å². The smallest absolute Gasteiger partial charge is 0.131 e. The standard InChI is InChI=1S/C13H19BrN2O3/c1-17-8-9-18-6-3-7-19-11-5-2-4-10(14)12(11)13(15)16/h2,4-5H,3,6-9H2,1H3,(H3,15,16). The number of hydrogen-bond donors (Lipinski definition) is 2. The molecule has 0 radical (unpaired) electrons. The SMILES string of the molecule is COCCOCCCOc1cccc(Br)c1C(=N)N. The molecule has 0 heterocycles. The highest BCUT2D eigenvalue weighted by Crippen LogP contribution is 2.26. The van der Waals surface area contributed by atoms with Crippen molar-refractivity contribution in [1.29, 1.82) is 5.41 Å². The summed E-state index contributed by atoms with van der Waals surface area (Å²) in [5, 5.41) is 7.54. The van der Waals surface area contributed by atoms with E-state index in [0.717, 1.165) is 10.9 Å². The predicted molar refractivity (Wildman–Crippen MR) is 78.0 cm³/mol. The van der Waals surface area contributed by atoms with E-state index >= 15 is 0 Å². The average Bonchev–Trinajstić information content (AvgIpc) is 2.37. The van der Waals surface area contributed by atoms with Crippen molar-refractivity contribution in [1.82, 2.24) is 0 Å². The van der Waals surface area contributed by atoms with Gasteiger partial charge in [0.2, 0.25) is 0 Å². The highest BCUT2D eigenvalue weighted by Gasteiger charge is 2.10. The van der Waals surface area contributed by atoms with Gasteiger partial charge in [-0.2, -0.15) is 0 Å². The fraction of sp³-hybridized carbons (Fsp3) is 0.462. The van der Waals surface area contributed by atoms with Crippen LogP contribution in [-0.4, -0.2) is 39.4 Å². The van der Waals surface area contributed by atoms with Crippen LogP contribution < -0.4 is 10.5 Å². The van der Waals surface area contributed by atoms with Gasteiger partial charge < -0.3 is 19.9 Å². The molecule has 0 aliphatic rings. The van der Waals surface area contributed by atoms with E-state index in [2.05, 4.69) is 15.9 Å². The lowest BCUT2D eigenvalue weighted by molar-refractivity contribution is 0.0644. The number of amidine groups is 1. The number of hydrogen-bond acceptors (Lipinski definition) is 4. The van der Waals surface area contributed by atoms with Crippen LogP contribution in [0.25, 0.3) is 0 Å². The van der Waals surface area contributed by atoms with Gasteiger partial charge in [-0.1, -0.05) is 6.07 Å². The molecule has 0 amide bonds. The molecule has 0 aliphatic carbocycles. The van der Waals surface area contributed by atoms with Crippen LogP contribution in [0.4, 0.5) is 0 Å². The molecule has 6 heteroatoms. The maximum absolute atomic E-state index is 7.54. The zero-order chi connectivity index (χ0) is 14.1. The number of rotatable bonds is 9. The highest BCUT2D eigenvalue weighted by molar-refractivity contribution is 9.10. The molecule has 0 unspecified atom stereocenters. The summed E-state index contributed by atoms with van der Waals surface area (Å²) in [6.07, 6.45) is 0.771. The minimum absolute atomic E-state index is 0.0150. The van der Waals surface area contributed by atoms with E-state index in [1.807, 2.05) is 12.1 Å². The summed E-state index contributed by atoms with van der Waals surface area (Å²) in [7, 11) is 1.64. The van der Waals surface area contributed by atoms with Crippen LogP contribution in [0.3, 0.4) is 0 Å². The fourth-order valence-electron chi connectivity index (χ4n) is 1.47. The molecule has 0 fully saturated rings. The van der Waals surface area contributed by atoms with E-state index < -0.39 is 0 Å².